The average Bonchev–Trinajstić information content (AvgIpc) is 3.16. The topological polar surface area (TPSA) is 169 Å². The van der Waals surface area contributed by atoms with Gasteiger partial charge in [0.25, 0.3) is 0 Å². The number of hydrogen-bond donors (Lipinski definition) is 7. The number of aliphatic hydroxyl groups is 6. The van der Waals surface area contributed by atoms with Crippen molar-refractivity contribution in [2.45, 2.75) is 255 Å². The van der Waals surface area contributed by atoms with Crippen LogP contribution in [0.1, 0.15) is 206 Å². The fraction of sp³-hybridized carbons (Fsp3) is 0.977. The van der Waals surface area contributed by atoms with E-state index in [1.54, 1.807) is 0 Å². The number of nitrogens with one attached hydrogen (secondary N) is 1. The first-order valence-corrected chi connectivity index (χ1v) is 22.3. The summed E-state index contributed by atoms with van der Waals surface area (Å²) in [6.45, 7) is 3.66. The fourth-order valence-electron chi connectivity index (χ4n) is 7.34. The smallest absolute Gasteiger partial charge is 0.249 e. The van der Waals surface area contributed by atoms with Crippen LogP contribution in [0.5, 0.6) is 0 Å². The minimum absolute atomic E-state index is 0.250. The highest BCUT2D eigenvalue weighted by molar-refractivity contribution is 5.80. The molecule has 0 bridgehead atoms. The molecule has 0 aliphatic carbocycles. The number of unbranched alkanes of at least 4 members (excludes halogenated alkanes) is 26. The molecule has 0 spiro atoms. The second-order valence-corrected chi connectivity index (χ2v) is 16.0. The van der Waals surface area contributed by atoms with Crippen molar-refractivity contribution in [3.05, 3.63) is 0 Å². The largest absolute Gasteiger partial charge is 0.394 e. The van der Waals surface area contributed by atoms with Crippen LogP contribution in [-0.2, 0) is 14.3 Å². The van der Waals surface area contributed by atoms with Crippen LogP contribution in [0, 0.1) is 0 Å². The normalized spacial score (nSPS) is 22.2. The molecule has 0 aromatic rings. The van der Waals surface area contributed by atoms with E-state index in [1.165, 1.54) is 135 Å². The third kappa shape index (κ3) is 25.1. The molecule has 1 amide bonds. The Morgan fingerprint density at radius 1 is 0.566 bits per heavy atom. The van der Waals surface area contributed by atoms with Crippen LogP contribution in [0.4, 0.5) is 0 Å². The van der Waals surface area contributed by atoms with Crippen molar-refractivity contribution >= 4 is 5.91 Å². The third-order valence-corrected chi connectivity index (χ3v) is 11.1. The summed E-state index contributed by atoms with van der Waals surface area (Å²) in [6.07, 6.45) is 25.8. The second kappa shape index (κ2) is 34.4. The SMILES string of the molecule is CCCCCCCCCCCCCCCCCCC(O)C(=O)NC(COC1OC(CO)C(O)C(O)C1O)C(O)CCCCCCCCCCCCCC. The quantitative estimate of drug-likeness (QED) is 0.0313. The zero-order valence-electron chi connectivity index (χ0n) is 34.2. The predicted octanol–water partition coefficient (Wildman–Crippen LogP) is 7.75. The first-order valence-electron chi connectivity index (χ1n) is 22.3. The minimum atomic E-state index is -1.59. The zero-order chi connectivity index (χ0) is 38.9. The maximum atomic E-state index is 13.0. The highest BCUT2D eigenvalue weighted by Crippen LogP contribution is 2.23. The molecular weight excluding hydrogens is 674 g/mol. The number of ether oxygens (including phenoxy) is 2. The molecule has 316 valence electrons. The van der Waals surface area contributed by atoms with Crippen LogP contribution in [0.2, 0.25) is 0 Å². The summed E-state index contributed by atoms with van der Waals surface area (Å²) in [7, 11) is 0. The lowest BCUT2D eigenvalue weighted by Gasteiger charge is -2.40. The average molecular weight is 760 g/mol. The van der Waals surface area contributed by atoms with Gasteiger partial charge in [0.2, 0.25) is 5.91 Å². The molecule has 1 aliphatic rings. The molecular formula is C43H85NO9. The van der Waals surface area contributed by atoms with Gasteiger partial charge in [-0.2, -0.15) is 0 Å². The van der Waals surface area contributed by atoms with Gasteiger partial charge in [-0.15, -0.1) is 0 Å². The lowest BCUT2D eigenvalue weighted by Crippen LogP contribution is -2.60. The molecule has 1 rings (SSSR count). The fourth-order valence-corrected chi connectivity index (χ4v) is 7.34. The van der Waals surface area contributed by atoms with Gasteiger partial charge in [0, 0.05) is 0 Å². The van der Waals surface area contributed by atoms with Gasteiger partial charge in [0.1, 0.15) is 30.5 Å². The Balaban J connectivity index is 2.39. The number of amides is 1. The van der Waals surface area contributed by atoms with E-state index >= 15 is 0 Å². The van der Waals surface area contributed by atoms with Gasteiger partial charge in [-0.25, -0.2) is 0 Å². The monoisotopic (exact) mass is 760 g/mol. The van der Waals surface area contributed by atoms with Crippen LogP contribution < -0.4 is 5.32 Å². The second-order valence-electron chi connectivity index (χ2n) is 16.0. The van der Waals surface area contributed by atoms with E-state index in [0.29, 0.717) is 12.8 Å². The molecule has 0 saturated carbocycles. The lowest BCUT2D eigenvalue weighted by molar-refractivity contribution is -0.302. The highest BCUT2D eigenvalue weighted by Gasteiger charge is 2.44. The number of carbonyl (C=O) groups excluding carboxylic acids is 1. The molecule has 8 unspecified atom stereocenters. The molecule has 1 aliphatic heterocycles. The maximum absolute atomic E-state index is 13.0. The number of aliphatic hydroxyl groups excluding tert-OH is 6. The van der Waals surface area contributed by atoms with Crippen molar-refractivity contribution in [2.24, 2.45) is 0 Å². The Hall–Kier alpha value is -0.850. The zero-order valence-corrected chi connectivity index (χ0v) is 34.2. The van der Waals surface area contributed by atoms with Crippen LogP contribution >= 0.6 is 0 Å². The molecule has 10 heteroatoms. The first kappa shape index (κ1) is 50.2. The highest BCUT2D eigenvalue weighted by atomic mass is 16.7. The molecule has 10 nitrogen and oxygen atoms in total. The predicted molar refractivity (Wildman–Crippen MR) is 214 cm³/mol. The maximum Gasteiger partial charge on any atom is 0.249 e. The summed E-state index contributed by atoms with van der Waals surface area (Å²) in [5.41, 5.74) is 0. The molecule has 0 aromatic heterocycles. The summed E-state index contributed by atoms with van der Waals surface area (Å²) in [5.74, 6) is -0.581. The Morgan fingerprint density at radius 3 is 1.34 bits per heavy atom. The Labute approximate surface area is 324 Å². The van der Waals surface area contributed by atoms with Gasteiger partial charge in [-0.3, -0.25) is 4.79 Å². The van der Waals surface area contributed by atoms with Gasteiger partial charge in [-0.1, -0.05) is 194 Å². The molecule has 0 aromatic carbocycles. The van der Waals surface area contributed by atoms with E-state index in [4.69, 9.17) is 9.47 Å². The third-order valence-electron chi connectivity index (χ3n) is 11.1. The summed E-state index contributed by atoms with van der Waals surface area (Å²) in [5, 5.41) is 64.7. The van der Waals surface area contributed by atoms with E-state index in [1.807, 2.05) is 0 Å². The van der Waals surface area contributed by atoms with Crippen molar-refractivity contribution in [3.63, 3.8) is 0 Å². The lowest BCUT2D eigenvalue weighted by atomic mass is 9.99. The van der Waals surface area contributed by atoms with Gasteiger partial charge < -0.3 is 45.4 Å². The molecule has 1 saturated heterocycles. The van der Waals surface area contributed by atoms with Gasteiger partial charge in [0.05, 0.1) is 25.4 Å². The Morgan fingerprint density at radius 2 is 0.943 bits per heavy atom. The van der Waals surface area contributed by atoms with E-state index < -0.39 is 61.5 Å². The number of rotatable bonds is 37. The molecule has 8 atom stereocenters. The van der Waals surface area contributed by atoms with Crippen molar-refractivity contribution < 1.29 is 44.9 Å². The van der Waals surface area contributed by atoms with Crippen LogP contribution in [0.25, 0.3) is 0 Å². The van der Waals surface area contributed by atoms with Crippen molar-refractivity contribution in [1.82, 2.24) is 5.32 Å². The van der Waals surface area contributed by atoms with Crippen LogP contribution in [0.3, 0.4) is 0 Å². The Bertz CT molecular complexity index is 819. The first-order chi connectivity index (χ1) is 25.8. The summed E-state index contributed by atoms with van der Waals surface area (Å²) >= 11 is 0. The minimum Gasteiger partial charge on any atom is -0.394 e. The molecule has 1 heterocycles. The van der Waals surface area contributed by atoms with Crippen molar-refractivity contribution in [2.75, 3.05) is 13.2 Å². The Kier molecular flexibility index (Phi) is 32.6. The van der Waals surface area contributed by atoms with Gasteiger partial charge in [-0.05, 0) is 12.8 Å². The molecule has 53 heavy (non-hydrogen) atoms. The summed E-state index contributed by atoms with van der Waals surface area (Å²) < 4.78 is 11.2. The van der Waals surface area contributed by atoms with Crippen LogP contribution in [0.15, 0.2) is 0 Å². The molecule has 1 fully saturated rings. The van der Waals surface area contributed by atoms with Crippen LogP contribution in [-0.4, -0.2) is 98.7 Å². The van der Waals surface area contributed by atoms with Gasteiger partial charge >= 0.3 is 0 Å². The molecule has 0 radical (unpaired) electrons. The van der Waals surface area contributed by atoms with Crippen molar-refractivity contribution in [3.8, 4) is 0 Å². The van der Waals surface area contributed by atoms with Gasteiger partial charge in [0.15, 0.2) is 6.29 Å². The standard InChI is InChI=1S/C43H85NO9/c1-3-5-7-9-11-13-15-17-18-19-20-22-24-26-28-30-32-37(47)42(51)44-35(34-52-43-41(50)40(49)39(48)38(33-45)53-43)36(46)31-29-27-25-23-21-16-14-12-10-8-6-4-2/h35-41,43,45-50H,3-34H2,1-2H3,(H,44,51). The van der Waals surface area contributed by atoms with E-state index in [2.05, 4.69) is 19.2 Å². The van der Waals surface area contributed by atoms with E-state index in [0.717, 1.165) is 44.9 Å². The van der Waals surface area contributed by atoms with E-state index in [-0.39, 0.29) is 6.61 Å². The summed E-state index contributed by atoms with van der Waals surface area (Å²) in [4.78, 5) is 13.0. The summed E-state index contributed by atoms with van der Waals surface area (Å²) in [6, 6.07) is -0.886. The number of carbonyl (C=O) groups is 1. The van der Waals surface area contributed by atoms with E-state index in [9.17, 15) is 35.4 Å². The van der Waals surface area contributed by atoms with Crippen molar-refractivity contribution in [1.29, 1.82) is 0 Å². The number of hydrogen-bond acceptors (Lipinski definition) is 9. The molecule has 7 N–H and O–H groups in total.